The molecule has 4 nitrogen and oxygen atoms in total. The number of halogens is 3. The summed E-state index contributed by atoms with van der Waals surface area (Å²) >= 11 is 0. The van der Waals surface area contributed by atoms with Crippen LogP contribution in [0.1, 0.15) is 31.1 Å². The molecule has 0 spiro atoms. The molecule has 114 valence electrons. The molecule has 0 bridgehead atoms. The normalized spacial score (nSPS) is 11.9. The summed E-state index contributed by atoms with van der Waals surface area (Å²) in [4.78, 5) is 3.99. The molecule has 0 saturated carbocycles. The number of anilines is 1. The van der Waals surface area contributed by atoms with Crippen molar-refractivity contribution in [1.29, 1.82) is 0 Å². The highest BCUT2D eigenvalue weighted by Gasteiger charge is 2.30. The van der Waals surface area contributed by atoms with E-state index in [0.29, 0.717) is 11.6 Å². The maximum Gasteiger partial charge on any atom is 0.416 e. The Balaban J connectivity index is 2.14. The van der Waals surface area contributed by atoms with Crippen molar-refractivity contribution in [2.45, 2.75) is 32.7 Å². The second kappa shape index (κ2) is 5.67. The molecule has 7 heteroatoms. The zero-order chi connectivity index (χ0) is 15.6. The van der Waals surface area contributed by atoms with Gasteiger partial charge in [0.2, 0.25) is 5.95 Å². The smallest absolute Gasteiger partial charge is 0.416 e. The molecule has 0 atom stereocenters. The Kier molecular flexibility index (Phi) is 4.11. The molecule has 0 amide bonds. The predicted molar refractivity (Wildman–Crippen MR) is 72.8 cm³/mol. The van der Waals surface area contributed by atoms with Crippen LogP contribution in [0.2, 0.25) is 0 Å². The van der Waals surface area contributed by atoms with Gasteiger partial charge >= 0.3 is 6.18 Å². The van der Waals surface area contributed by atoms with Crippen molar-refractivity contribution in [3.8, 4) is 5.75 Å². The van der Waals surface area contributed by atoms with Crippen molar-refractivity contribution in [3.05, 3.63) is 41.7 Å². The topological polar surface area (TPSA) is 53.1 Å². The third kappa shape index (κ3) is 3.48. The zero-order valence-corrected chi connectivity index (χ0v) is 11.7. The summed E-state index contributed by atoms with van der Waals surface area (Å²) in [6, 6.07) is 4.86. The lowest BCUT2D eigenvalue weighted by Crippen LogP contribution is -2.11. The fraction of sp³-hybridized carbons (Fsp3) is 0.357. The highest BCUT2D eigenvalue weighted by atomic mass is 19.4. The molecule has 0 aliphatic heterocycles. The van der Waals surface area contributed by atoms with Gasteiger partial charge in [-0.2, -0.15) is 13.2 Å². The molecule has 0 fully saturated rings. The average Bonchev–Trinajstić information content (AvgIpc) is 2.77. The van der Waals surface area contributed by atoms with Crippen molar-refractivity contribution in [3.63, 3.8) is 0 Å². The highest BCUT2D eigenvalue weighted by Crippen LogP contribution is 2.31. The number of rotatable bonds is 4. The number of aromatic nitrogens is 2. The Bertz CT molecular complexity index is 620. The third-order valence-corrected chi connectivity index (χ3v) is 2.97. The lowest BCUT2D eigenvalue weighted by atomic mass is 10.2. The number of nitrogens with two attached hydrogens (primary N) is 1. The average molecular weight is 299 g/mol. The summed E-state index contributed by atoms with van der Waals surface area (Å²) in [7, 11) is 0. The van der Waals surface area contributed by atoms with E-state index < -0.39 is 11.7 Å². The first-order chi connectivity index (χ1) is 9.79. The molecule has 0 saturated heterocycles. The van der Waals surface area contributed by atoms with Gasteiger partial charge in [0.15, 0.2) is 0 Å². The number of alkyl halides is 3. The van der Waals surface area contributed by atoms with Gasteiger partial charge in [-0.1, -0.05) is 6.07 Å². The Morgan fingerprint density at radius 3 is 2.67 bits per heavy atom. The van der Waals surface area contributed by atoms with E-state index in [9.17, 15) is 13.2 Å². The van der Waals surface area contributed by atoms with E-state index in [1.54, 1.807) is 10.8 Å². The van der Waals surface area contributed by atoms with E-state index in [1.807, 2.05) is 13.8 Å². The molecular formula is C14H16F3N3O. The lowest BCUT2D eigenvalue weighted by molar-refractivity contribution is -0.137. The predicted octanol–water partition coefficient (Wildman–Crippen LogP) is 3.64. The van der Waals surface area contributed by atoms with Crippen molar-refractivity contribution in [2.75, 3.05) is 5.73 Å². The van der Waals surface area contributed by atoms with Crippen molar-refractivity contribution >= 4 is 5.95 Å². The quantitative estimate of drug-likeness (QED) is 0.937. The van der Waals surface area contributed by atoms with Gasteiger partial charge < -0.3 is 15.0 Å². The first-order valence-electron chi connectivity index (χ1n) is 6.40. The standard InChI is InChI=1S/C14H16F3N3O/c1-9(2)20-11(7-19-13(20)18)8-21-12-5-3-4-10(6-12)14(15,16)17/h3-7,9H,8H2,1-2H3,(H2,18,19). The Morgan fingerprint density at radius 1 is 1.33 bits per heavy atom. The second-order valence-corrected chi connectivity index (χ2v) is 4.89. The Morgan fingerprint density at radius 2 is 2.05 bits per heavy atom. The van der Waals surface area contributed by atoms with Gasteiger partial charge in [-0.05, 0) is 32.0 Å². The summed E-state index contributed by atoms with van der Waals surface area (Å²) in [6.45, 7) is 3.97. The molecule has 0 aliphatic carbocycles. The van der Waals surface area contributed by atoms with E-state index >= 15 is 0 Å². The summed E-state index contributed by atoms with van der Waals surface area (Å²) < 4.78 is 45.0. The molecule has 0 unspecified atom stereocenters. The van der Waals surface area contributed by atoms with E-state index in [2.05, 4.69) is 4.98 Å². The maximum atomic E-state index is 12.6. The van der Waals surface area contributed by atoms with E-state index in [1.165, 1.54) is 12.1 Å². The van der Waals surface area contributed by atoms with Gasteiger partial charge in [0.05, 0.1) is 17.5 Å². The van der Waals surface area contributed by atoms with Crippen LogP contribution in [0.15, 0.2) is 30.5 Å². The molecule has 1 heterocycles. The second-order valence-electron chi connectivity index (χ2n) is 4.89. The molecule has 2 rings (SSSR count). The Hall–Kier alpha value is -2.18. The van der Waals surface area contributed by atoms with Crippen LogP contribution in [0.5, 0.6) is 5.75 Å². The SMILES string of the molecule is CC(C)n1c(COc2cccc(C(F)(F)F)c2)cnc1N. The van der Waals surface area contributed by atoms with E-state index in [0.717, 1.165) is 12.1 Å². The van der Waals surface area contributed by atoms with Crippen molar-refractivity contribution in [2.24, 2.45) is 0 Å². The third-order valence-electron chi connectivity index (χ3n) is 2.97. The number of hydrogen-bond donors (Lipinski definition) is 1. The van der Waals surface area contributed by atoms with Crippen LogP contribution in [0.25, 0.3) is 0 Å². The van der Waals surface area contributed by atoms with Gasteiger partial charge in [-0.3, -0.25) is 0 Å². The van der Waals surface area contributed by atoms with Crippen molar-refractivity contribution in [1.82, 2.24) is 9.55 Å². The largest absolute Gasteiger partial charge is 0.487 e. The first-order valence-corrected chi connectivity index (χ1v) is 6.40. The van der Waals surface area contributed by atoms with Crippen LogP contribution < -0.4 is 10.5 Å². The zero-order valence-electron chi connectivity index (χ0n) is 11.7. The first kappa shape index (κ1) is 15.2. The van der Waals surface area contributed by atoms with Crippen LogP contribution >= 0.6 is 0 Å². The van der Waals surface area contributed by atoms with Crippen LogP contribution in [0, 0.1) is 0 Å². The van der Waals surface area contributed by atoms with Crippen molar-refractivity contribution < 1.29 is 17.9 Å². The minimum atomic E-state index is -4.39. The molecule has 1 aromatic heterocycles. The lowest BCUT2D eigenvalue weighted by Gasteiger charge is -2.14. The molecule has 0 radical (unpaired) electrons. The van der Waals surface area contributed by atoms with Gasteiger partial charge in [-0.25, -0.2) is 4.98 Å². The van der Waals surface area contributed by atoms with Crippen LogP contribution in [-0.4, -0.2) is 9.55 Å². The molecule has 2 N–H and O–H groups in total. The van der Waals surface area contributed by atoms with Crippen LogP contribution in [-0.2, 0) is 12.8 Å². The molecule has 21 heavy (non-hydrogen) atoms. The molecule has 2 aromatic rings. The number of benzene rings is 1. The minimum absolute atomic E-state index is 0.0904. The van der Waals surface area contributed by atoms with Gasteiger partial charge in [0.25, 0.3) is 0 Å². The van der Waals surface area contributed by atoms with Gasteiger partial charge in [-0.15, -0.1) is 0 Å². The van der Waals surface area contributed by atoms with Gasteiger partial charge in [0, 0.05) is 6.04 Å². The number of hydrogen-bond acceptors (Lipinski definition) is 3. The monoisotopic (exact) mass is 299 g/mol. The summed E-state index contributed by atoms with van der Waals surface area (Å²) in [6.07, 6.45) is -2.83. The number of imidazole rings is 1. The number of ether oxygens (including phenoxy) is 1. The molecular weight excluding hydrogens is 283 g/mol. The molecule has 1 aromatic carbocycles. The van der Waals surface area contributed by atoms with E-state index in [-0.39, 0.29) is 18.4 Å². The van der Waals surface area contributed by atoms with Gasteiger partial charge in [0.1, 0.15) is 12.4 Å². The fourth-order valence-corrected chi connectivity index (χ4v) is 2.03. The van der Waals surface area contributed by atoms with Crippen LogP contribution in [0.3, 0.4) is 0 Å². The van der Waals surface area contributed by atoms with E-state index in [4.69, 9.17) is 10.5 Å². The molecule has 0 aliphatic rings. The Labute approximate surface area is 120 Å². The summed E-state index contributed by atoms with van der Waals surface area (Å²) in [5.74, 6) is 0.507. The van der Waals surface area contributed by atoms with Crippen LogP contribution in [0.4, 0.5) is 19.1 Å². The highest BCUT2D eigenvalue weighted by molar-refractivity contribution is 5.31. The summed E-state index contributed by atoms with van der Waals surface area (Å²) in [5, 5.41) is 0. The summed E-state index contributed by atoms with van der Waals surface area (Å²) in [5.41, 5.74) is 5.71. The minimum Gasteiger partial charge on any atom is -0.487 e. The fourth-order valence-electron chi connectivity index (χ4n) is 2.03. The maximum absolute atomic E-state index is 12.6. The number of nitrogens with zero attached hydrogens (tertiary/aromatic N) is 2. The number of nitrogen functional groups attached to an aromatic ring is 1.